The van der Waals surface area contributed by atoms with Crippen molar-refractivity contribution in [3.8, 4) is 0 Å². The molecule has 0 spiro atoms. The normalized spacial score (nSPS) is 9.60. The van der Waals surface area contributed by atoms with E-state index >= 15 is 0 Å². The number of carbonyl (C=O) groups is 1. The van der Waals surface area contributed by atoms with Gasteiger partial charge in [0.15, 0.2) is 0 Å². The molecule has 0 saturated carbocycles. The molecule has 2 aromatic rings. The van der Waals surface area contributed by atoms with Crippen molar-refractivity contribution >= 4 is 11.6 Å². The van der Waals surface area contributed by atoms with Crippen molar-refractivity contribution in [2.75, 3.05) is 5.32 Å². The average molecular weight is 200 g/mol. The van der Waals surface area contributed by atoms with Crippen LogP contribution in [0.3, 0.4) is 0 Å². The van der Waals surface area contributed by atoms with Gasteiger partial charge in [0.25, 0.3) is 5.91 Å². The molecule has 1 N–H and O–H groups in total. The third-order valence-electron chi connectivity index (χ3n) is 1.77. The first-order valence-electron chi connectivity index (χ1n) is 4.34. The topological polar surface area (TPSA) is 67.8 Å². The van der Waals surface area contributed by atoms with Crippen molar-refractivity contribution in [1.82, 2.24) is 15.2 Å². The molecule has 2 rings (SSSR count). The van der Waals surface area contributed by atoms with Crippen LogP contribution in [0.15, 0.2) is 43.0 Å². The van der Waals surface area contributed by atoms with Gasteiger partial charge in [0, 0.05) is 12.4 Å². The van der Waals surface area contributed by atoms with E-state index in [-0.39, 0.29) is 5.91 Å². The molecule has 0 fully saturated rings. The van der Waals surface area contributed by atoms with E-state index in [9.17, 15) is 4.79 Å². The van der Waals surface area contributed by atoms with Gasteiger partial charge in [0.1, 0.15) is 0 Å². The molecule has 74 valence electrons. The fourth-order valence-electron chi connectivity index (χ4n) is 1.06. The molecule has 0 aliphatic heterocycles. The fraction of sp³-hybridized carbons (Fsp3) is 0. The van der Waals surface area contributed by atoms with Gasteiger partial charge >= 0.3 is 0 Å². The van der Waals surface area contributed by atoms with Crippen LogP contribution in [0.4, 0.5) is 5.69 Å². The summed E-state index contributed by atoms with van der Waals surface area (Å²) in [5, 5.41) is 9.94. The second-order valence-electron chi connectivity index (χ2n) is 2.83. The number of aromatic nitrogens is 3. The Morgan fingerprint density at radius 2 is 2.07 bits per heavy atom. The average Bonchev–Trinajstić information content (AvgIpc) is 2.31. The highest BCUT2D eigenvalue weighted by Gasteiger charge is 2.04. The van der Waals surface area contributed by atoms with Crippen molar-refractivity contribution in [3.05, 3.63) is 48.5 Å². The summed E-state index contributed by atoms with van der Waals surface area (Å²) in [5.74, 6) is -0.212. The van der Waals surface area contributed by atoms with Gasteiger partial charge in [-0.15, -0.1) is 0 Å². The van der Waals surface area contributed by atoms with Crippen LogP contribution in [0.25, 0.3) is 0 Å². The number of amides is 1. The first kappa shape index (κ1) is 9.26. The van der Waals surface area contributed by atoms with Gasteiger partial charge in [-0.3, -0.25) is 9.78 Å². The van der Waals surface area contributed by atoms with Crippen molar-refractivity contribution in [3.63, 3.8) is 0 Å². The molecule has 0 atom stereocenters. The number of rotatable bonds is 2. The molecule has 0 aliphatic carbocycles. The van der Waals surface area contributed by atoms with E-state index in [1.165, 1.54) is 18.6 Å². The molecule has 0 aromatic carbocycles. The van der Waals surface area contributed by atoms with Gasteiger partial charge < -0.3 is 5.32 Å². The zero-order valence-electron chi connectivity index (χ0n) is 7.79. The third-order valence-corrected chi connectivity index (χ3v) is 1.77. The van der Waals surface area contributed by atoms with Gasteiger partial charge in [0.05, 0.1) is 23.6 Å². The van der Waals surface area contributed by atoms with Crippen molar-refractivity contribution in [2.45, 2.75) is 0 Å². The smallest absolute Gasteiger partial charge is 0.257 e. The summed E-state index contributed by atoms with van der Waals surface area (Å²) in [6, 6.07) is 5.07. The maximum atomic E-state index is 11.6. The van der Waals surface area contributed by atoms with E-state index in [2.05, 4.69) is 20.5 Å². The van der Waals surface area contributed by atoms with Gasteiger partial charge in [0.2, 0.25) is 0 Å². The van der Waals surface area contributed by atoms with E-state index in [1.54, 1.807) is 24.4 Å². The zero-order valence-corrected chi connectivity index (χ0v) is 7.79. The first-order chi connectivity index (χ1) is 7.36. The summed E-state index contributed by atoms with van der Waals surface area (Å²) in [6.07, 6.45) is 6.11. The largest absolute Gasteiger partial charge is 0.320 e. The Kier molecular flexibility index (Phi) is 2.64. The third kappa shape index (κ3) is 2.34. The molecule has 0 unspecified atom stereocenters. The Balaban J connectivity index is 2.12. The molecule has 1 amide bonds. The molecular weight excluding hydrogens is 192 g/mol. The van der Waals surface area contributed by atoms with Crippen LogP contribution in [-0.2, 0) is 0 Å². The van der Waals surface area contributed by atoms with Crippen LogP contribution in [0, 0.1) is 0 Å². The fourth-order valence-corrected chi connectivity index (χ4v) is 1.06. The summed E-state index contributed by atoms with van der Waals surface area (Å²) >= 11 is 0. The Hall–Kier alpha value is -2.30. The molecule has 2 heterocycles. The lowest BCUT2D eigenvalue weighted by atomic mass is 10.2. The van der Waals surface area contributed by atoms with Gasteiger partial charge in [-0.25, -0.2) is 0 Å². The maximum absolute atomic E-state index is 11.6. The lowest BCUT2D eigenvalue weighted by Gasteiger charge is -2.02. The van der Waals surface area contributed by atoms with E-state index in [1.807, 2.05) is 0 Å². The molecular formula is C10H8N4O. The number of hydrogen-bond donors (Lipinski definition) is 1. The molecule has 15 heavy (non-hydrogen) atoms. The minimum absolute atomic E-state index is 0.212. The SMILES string of the molecule is O=C(Nc1ccnnc1)c1cccnc1. The molecule has 0 aliphatic rings. The van der Waals surface area contributed by atoms with E-state index in [0.29, 0.717) is 11.3 Å². The number of nitrogens with one attached hydrogen (secondary N) is 1. The summed E-state index contributed by atoms with van der Waals surface area (Å²) in [4.78, 5) is 15.5. The van der Waals surface area contributed by atoms with E-state index < -0.39 is 0 Å². The van der Waals surface area contributed by atoms with Gasteiger partial charge in [-0.05, 0) is 18.2 Å². The van der Waals surface area contributed by atoms with Crippen LogP contribution in [0.1, 0.15) is 10.4 Å². The van der Waals surface area contributed by atoms with Crippen molar-refractivity contribution in [2.24, 2.45) is 0 Å². The molecule has 0 radical (unpaired) electrons. The second-order valence-corrected chi connectivity index (χ2v) is 2.83. The van der Waals surface area contributed by atoms with Crippen LogP contribution in [-0.4, -0.2) is 21.1 Å². The zero-order chi connectivity index (χ0) is 10.5. The van der Waals surface area contributed by atoms with E-state index in [4.69, 9.17) is 0 Å². The predicted octanol–water partition coefficient (Wildman–Crippen LogP) is 1.12. The van der Waals surface area contributed by atoms with Gasteiger partial charge in [-0.1, -0.05) is 0 Å². The summed E-state index contributed by atoms with van der Waals surface area (Å²) in [5.41, 5.74) is 1.12. The highest BCUT2D eigenvalue weighted by Crippen LogP contribution is 2.04. The summed E-state index contributed by atoms with van der Waals surface area (Å²) < 4.78 is 0. The van der Waals surface area contributed by atoms with Crippen LogP contribution in [0.5, 0.6) is 0 Å². The van der Waals surface area contributed by atoms with Crippen molar-refractivity contribution in [1.29, 1.82) is 0 Å². The summed E-state index contributed by atoms with van der Waals surface area (Å²) in [6.45, 7) is 0. The number of anilines is 1. The van der Waals surface area contributed by atoms with Crippen LogP contribution in [0.2, 0.25) is 0 Å². The van der Waals surface area contributed by atoms with Crippen LogP contribution < -0.4 is 5.32 Å². The quantitative estimate of drug-likeness (QED) is 0.788. The number of carbonyl (C=O) groups excluding carboxylic acids is 1. The summed E-state index contributed by atoms with van der Waals surface area (Å²) in [7, 11) is 0. The predicted molar refractivity (Wildman–Crippen MR) is 54.2 cm³/mol. The van der Waals surface area contributed by atoms with Gasteiger partial charge in [-0.2, -0.15) is 10.2 Å². The monoisotopic (exact) mass is 200 g/mol. The van der Waals surface area contributed by atoms with Crippen molar-refractivity contribution < 1.29 is 4.79 Å². The molecule has 0 saturated heterocycles. The Morgan fingerprint density at radius 1 is 1.13 bits per heavy atom. The lowest BCUT2D eigenvalue weighted by molar-refractivity contribution is 0.102. The maximum Gasteiger partial charge on any atom is 0.257 e. The Bertz CT molecular complexity index is 443. The minimum Gasteiger partial charge on any atom is -0.320 e. The highest BCUT2D eigenvalue weighted by molar-refractivity contribution is 6.03. The highest BCUT2D eigenvalue weighted by atomic mass is 16.1. The molecule has 5 heteroatoms. The lowest BCUT2D eigenvalue weighted by Crippen LogP contribution is -2.12. The number of hydrogen-bond acceptors (Lipinski definition) is 4. The molecule has 2 aromatic heterocycles. The molecule has 5 nitrogen and oxygen atoms in total. The Morgan fingerprint density at radius 3 is 2.73 bits per heavy atom. The first-order valence-corrected chi connectivity index (χ1v) is 4.34. The molecule has 0 bridgehead atoms. The Labute approximate surface area is 86.2 Å². The van der Waals surface area contributed by atoms with E-state index in [0.717, 1.165) is 0 Å². The minimum atomic E-state index is -0.212. The standard InChI is InChI=1S/C10H8N4O/c15-10(8-2-1-4-11-6-8)14-9-3-5-12-13-7-9/h1-7H,(H,12,14,15). The van der Waals surface area contributed by atoms with Crippen LogP contribution >= 0.6 is 0 Å². The second kappa shape index (κ2) is 4.28. The number of pyridine rings is 1. The number of nitrogens with zero attached hydrogens (tertiary/aromatic N) is 3.